The van der Waals surface area contributed by atoms with Crippen LogP contribution < -0.4 is 9.64 Å². The SMILES string of the molecule is Oc1ccc2[nH]cc(CCCCN3CCN(c4ccc5c(c4)CCCO5)CC3)c2c1. The Kier molecular flexibility index (Phi) is 5.54. The van der Waals surface area contributed by atoms with Gasteiger partial charge < -0.3 is 19.7 Å². The highest BCUT2D eigenvalue weighted by Gasteiger charge is 2.19. The lowest BCUT2D eigenvalue weighted by Crippen LogP contribution is -2.46. The summed E-state index contributed by atoms with van der Waals surface area (Å²) in [6.45, 7) is 6.49. The summed E-state index contributed by atoms with van der Waals surface area (Å²) in [5, 5.41) is 10.9. The molecule has 1 fully saturated rings. The molecule has 0 atom stereocenters. The van der Waals surface area contributed by atoms with E-state index in [9.17, 15) is 5.11 Å². The second-order valence-electron chi connectivity index (χ2n) is 8.57. The van der Waals surface area contributed by atoms with E-state index in [-0.39, 0.29) is 0 Å². The molecule has 0 amide bonds. The number of phenols is 1. The predicted octanol–water partition coefficient (Wildman–Crippen LogP) is 4.34. The first-order valence-electron chi connectivity index (χ1n) is 11.3. The molecule has 2 aliphatic heterocycles. The molecule has 1 aromatic heterocycles. The van der Waals surface area contributed by atoms with Crippen LogP contribution >= 0.6 is 0 Å². The highest BCUT2D eigenvalue weighted by molar-refractivity contribution is 5.84. The van der Waals surface area contributed by atoms with Crippen molar-refractivity contribution in [2.75, 3.05) is 44.2 Å². The normalized spacial score (nSPS) is 17.1. The van der Waals surface area contributed by atoms with Crippen molar-refractivity contribution in [1.82, 2.24) is 9.88 Å². The van der Waals surface area contributed by atoms with Crippen LogP contribution in [-0.2, 0) is 12.8 Å². The monoisotopic (exact) mass is 405 g/mol. The van der Waals surface area contributed by atoms with Gasteiger partial charge in [0.05, 0.1) is 6.61 Å². The van der Waals surface area contributed by atoms with E-state index >= 15 is 0 Å². The summed E-state index contributed by atoms with van der Waals surface area (Å²) < 4.78 is 5.75. The molecule has 0 saturated carbocycles. The molecule has 3 heterocycles. The van der Waals surface area contributed by atoms with Crippen molar-refractivity contribution in [3.63, 3.8) is 0 Å². The van der Waals surface area contributed by atoms with Crippen LogP contribution in [-0.4, -0.2) is 54.3 Å². The van der Waals surface area contributed by atoms with E-state index in [0.717, 1.165) is 68.7 Å². The minimum atomic E-state index is 0.340. The number of H-pyrrole nitrogens is 1. The van der Waals surface area contributed by atoms with Gasteiger partial charge in [0.1, 0.15) is 11.5 Å². The number of piperazine rings is 1. The maximum absolute atomic E-state index is 9.75. The number of hydrogen-bond acceptors (Lipinski definition) is 4. The number of aromatic amines is 1. The molecule has 1 saturated heterocycles. The van der Waals surface area contributed by atoms with E-state index in [1.54, 1.807) is 6.07 Å². The molecule has 0 spiro atoms. The minimum absolute atomic E-state index is 0.340. The Morgan fingerprint density at radius 1 is 1.00 bits per heavy atom. The number of ether oxygens (including phenoxy) is 1. The number of rotatable bonds is 6. The number of nitrogens with one attached hydrogen (secondary N) is 1. The van der Waals surface area contributed by atoms with Crippen molar-refractivity contribution in [2.24, 2.45) is 0 Å². The number of phenolic OH excluding ortho intramolecular Hbond substituents is 1. The van der Waals surface area contributed by atoms with E-state index < -0.39 is 0 Å². The third-order valence-electron chi connectivity index (χ3n) is 6.55. The first-order chi connectivity index (χ1) is 14.8. The van der Waals surface area contributed by atoms with Crippen molar-refractivity contribution >= 4 is 16.6 Å². The zero-order chi connectivity index (χ0) is 20.3. The molecule has 2 aromatic carbocycles. The zero-order valence-corrected chi connectivity index (χ0v) is 17.6. The third kappa shape index (κ3) is 4.12. The summed E-state index contributed by atoms with van der Waals surface area (Å²) >= 11 is 0. The van der Waals surface area contributed by atoms with Crippen LogP contribution in [0.25, 0.3) is 10.9 Å². The van der Waals surface area contributed by atoms with Gasteiger partial charge in [-0.1, -0.05) is 0 Å². The van der Waals surface area contributed by atoms with Crippen LogP contribution in [0.15, 0.2) is 42.6 Å². The summed E-state index contributed by atoms with van der Waals surface area (Å²) in [6, 6.07) is 12.3. The van der Waals surface area contributed by atoms with Gasteiger partial charge in [-0.2, -0.15) is 0 Å². The lowest BCUT2D eigenvalue weighted by atomic mass is 10.0. The minimum Gasteiger partial charge on any atom is -0.508 e. The average Bonchev–Trinajstić information content (AvgIpc) is 3.19. The number of aryl methyl sites for hydroxylation is 2. The van der Waals surface area contributed by atoms with Gasteiger partial charge in [-0.3, -0.25) is 4.90 Å². The van der Waals surface area contributed by atoms with Crippen molar-refractivity contribution in [2.45, 2.75) is 32.1 Å². The summed E-state index contributed by atoms with van der Waals surface area (Å²) in [6.07, 6.45) is 7.80. The van der Waals surface area contributed by atoms with Crippen molar-refractivity contribution < 1.29 is 9.84 Å². The van der Waals surface area contributed by atoms with E-state index in [1.165, 1.54) is 36.2 Å². The van der Waals surface area contributed by atoms with Crippen LogP contribution in [0.3, 0.4) is 0 Å². The Morgan fingerprint density at radius 3 is 2.80 bits per heavy atom. The molecular weight excluding hydrogens is 374 g/mol. The van der Waals surface area contributed by atoms with Crippen molar-refractivity contribution in [1.29, 1.82) is 0 Å². The highest BCUT2D eigenvalue weighted by atomic mass is 16.5. The van der Waals surface area contributed by atoms with Gasteiger partial charge in [0.15, 0.2) is 0 Å². The number of aromatic hydroxyl groups is 1. The lowest BCUT2D eigenvalue weighted by Gasteiger charge is -2.36. The maximum Gasteiger partial charge on any atom is 0.122 e. The van der Waals surface area contributed by atoms with Crippen LogP contribution in [0.1, 0.15) is 30.4 Å². The van der Waals surface area contributed by atoms with Gasteiger partial charge in [-0.05, 0) is 86.2 Å². The molecule has 0 aliphatic carbocycles. The number of nitrogens with zero attached hydrogens (tertiary/aromatic N) is 2. The Hall–Kier alpha value is -2.66. The second-order valence-corrected chi connectivity index (χ2v) is 8.57. The van der Waals surface area contributed by atoms with Gasteiger partial charge >= 0.3 is 0 Å². The fourth-order valence-electron chi connectivity index (χ4n) is 4.80. The smallest absolute Gasteiger partial charge is 0.122 e. The first-order valence-corrected chi connectivity index (χ1v) is 11.3. The number of aromatic nitrogens is 1. The van der Waals surface area contributed by atoms with Crippen LogP contribution in [0.4, 0.5) is 5.69 Å². The molecule has 2 N–H and O–H groups in total. The Morgan fingerprint density at radius 2 is 1.90 bits per heavy atom. The van der Waals surface area contributed by atoms with Gasteiger partial charge in [0.2, 0.25) is 0 Å². The number of anilines is 1. The summed E-state index contributed by atoms with van der Waals surface area (Å²) in [5.41, 5.74) is 5.13. The molecule has 0 bridgehead atoms. The first kappa shape index (κ1) is 19.3. The molecule has 0 unspecified atom stereocenters. The largest absolute Gasteiger partial charge is 0.508 e. The third-order valence-corrected chi connectivity index (χ3v) is 6.55. The quantitative estimate of drug-likeness (QED) is 0.599. The molecule has 5 rings (SSSR count). The maximum atomic E-state index is 9.75. The molecule has 158 valence electrons. The van der Waals surface area contributed by atoms with Gasteiger partial charge in [0.25, 0.3) is 0 Å². The van der Waals surface area contributed by atoms with E-state index in [2.05, 4.69) is 39.2 Å². The topological polar surface area (TPSA) is 51.7 Å². The van der Waals surface area contributed by atoms with Crippen molar-refractivity contribution in [3.05, 3.63) is 53.7 Å². The summed E-state index contributed by atoms with van der Waals surface area (Å²) in [4.78, 5) is 8.42. The Labute approximate surface area is 178 Å². The average molecular weight is 406 g/mol. The van der Waals surface area contributed by atoms with E-state index in [1.807, 2.05) is 12.1 Å². The van der Waals surface area contributed by atoms with Crippen molar-refractivity contribution in [3.8, 4) is 11.5 Å². The Bertz CT molecular complexity index is 1000. The number of hydrogen-bond donors (Lipinski definition) is 2. The van der Waals surface area contributed by atoms with Gasteiger partial charge in [-0.15, -0.1) is 0 Å². The standard InChI is InChI=1S/C25H31N3O2/c29-22-7-8-24-23(17-22)20(18-26-24)4-1-2-10-27-11-13-28(14-12-27)21-6-9-25-19(16-21)5-3-15-30-25/h6-9,16-18,26,29H,1-5,10-15H2. The fraction of sp³-hybridized carbons (Fsp3) is 0.440. The molecule has 30 heavy (non-hydrogen) atoms. The predicted molar refractivity (Wildman–Crippen MR) is 122 cm³/mol. The number of fused-ring (bicyclic) bond motifs is 2. The second kappa shape index (κ2) is 8.60. The lowest BCUT2D eigenvalue weighted by molar-refractivity contribution is 0.253. The molecule has 3 aromatic rings. The van der Waals surface area contributed by atoms with Gasteiger partial charge in [0, 0.05) is 49.0 Å². The molecule has 2 aliphatic rings. The molecule has 5 heteroatoms. The summed E-state index contributed by atoms with van der Waals surface area (Å²) in [5.74, 6) is 1.42. The van der Waals surface area contributed by atoms with Crippen LogP contribution in [0.2, 0.25) is 0 Å². The molecular formula is C25H31N3O2. The molecule has 0 radical (unpaired) electrons. The number of unbranched alkanes of at least 4 members (excludes halogenated alkanes) is 1. The summed E-state index contributed by atoms with van der Waals surface area (Å²) in [7, 11) is 0. The Balaban J connectivity index is 1.08. The van der Waals surface area contributed by atoms with E-state index in [0.29, 0.717) is 5.75 Å². The van der Waals surface area contributed by atoms with Gasteiger partial charge in [-0.25, -0.2) is 0 Å². The van der Waals surface area contributed by atoms with E-state index in [4.69, 9.17) is 4.74 Å². The number of benzene rings is 2. The fourth-order valence-corrected chi connectivity index (χ4v) is 4.80. The molecule has 5 nitrogen and oxygen atoms in total. The van der Waals surface area contributed by atoms with Crippen LogP contribution in [0, 0.1) is 0 Å². The highest BCUT2D eigenvalue weighted by Crippen LogP contribution is 2.30. The van der Waals surface area contributed by atoms with Crippen LogP contribution in [0.5, 0.6) is 11.5 Å². The zero-order valence-electron chi connectivity index (χ0n) is 17.6.